The molecule has 1 heterocycles. The van der Waals surface area contributed by atoms with Crippen molar-refractivity contribution in [2.75, 3.05) is 13.1 Å². The minimum atomic E-state index is -3.68. The number of benzene rings is 1. The van der Waals surface area contributed by atoms with Crippen LogP contribution in [0.4, 0.5) is 0 Å². The van der Waals surface area contributed by atoms with E-state index in [4.69, 9.17) is 5.14 Å². The molecule has 1 aromatic rings. The van der Waals surface area contributed by atoms with Gasteiger partial charge in [-0.1, -0.05) is 19.1 Å². The molecule has 1 spiro atoms. The summed E-state index contributed by atoms with van der Waals surface area (Å²) >= 11 is 0. The number of primary sulfonamides is 1. The molecule has 1 saturated heterocycles. The second-order valence-corrected chi connectivity index (χ2v) is 8.47. The molecule has 2 aliphatic rings. The van der Waals surface area contributed by atoms with Crippen LogP contribution in [0.1, 0.15) is 31.7 Å². The molecule has 3 rings (SSSR count). The van der Waals surface area contributed by atoms with E-state index in [0.29, 0.717) is 6.54 Å². The fourth-order valence-electron chi connectivity index (χ4n) is 3.76. The van der Waals surface area contributed by atoms with Crippen molar-refractivity contribution in [3.05, 3.63) is 29.8 Å². The molecule has 1 saturated carbocycles. The van der Waals surface area contributed by atoms with Crippen LogP contribution in [0.2, 0.25) is 0 Å². The Morgan fingerprint density at radius 1 is 1.26 bits per heavy atom. The summed E-state index contributed by atoms with van der Waals surface area (Å²) in [6.07, 6.45) is 3.07. The first kappa shape index (κ1) is 16.4. The van der Waals surface area contributed by atoms with Crippen LogP contribution in [0.15, 0.2) is 29.2 Å². The molecular formula is C16H23N3O3S. The Labute approximate surface area is 136 Å². The molecular weight excluding hydrogens is 314 g/mol. The van der Waals surface area contributed by atoms with Crippen molar-refractivity contribution < 1.29 is 13.2 Å². The van der Waals surface area contributed by atoms with Crippen molar-refractivity contribution in [2.24, 2.45) is 16.0 Å². The molecule has 6 nitrogen and oxygen atoms in total. The number of piperidine rings is 1. The molecule has 1 aliphatic heterocycles. The SMILES string of the molecule is CC1(C(=O)NCc2ccc(S(N)(=O)=O)cc2)CC12CCNCC2. The third-order valence-electron chi connectivity index (χ3n) is 5.50. The van der Waals surface area contributed by atoms with Crippen LogP contribution in [0.5, 0.6) is 0 Å². The molecule has 1 aromatic carbocycles. The second kappa shape index (κ2) is 5.58. The number of rotatable bonds is 4. The number of amides is 1. The lowest BCUT2D eigenvalue weighted by Gasteiger charge is -2.27. The maximum atomic E-state index is 12.6. The Bertz CT molecular complexity index is 709. The molecule has 0 bridgehead atoms. The monoisotopic (exact) mass is 337 g/mol. The largest absolute Gasteiger partial charge is 0.352 e. The standard InChI is InChI=1S/C16H23N3O3S/c1-15(11-16(15)6-8-18-9-7-16)14(20)19-10-12-2-4-13(5-3-12)23(17,21)22/h2-5,18H,6-11H2,1H3,(H,19,20)(H2,17,21,22). The van der Waals surface area contributed by atoms with Crippen LogP contribution in [-0.4, -0.2) is 27.4 Å². The van der Waals surface area contributed by atoms with Gasteiger partial charge in [0.1, 0.15) is 0 Å². The lowest BCUT2D eigenvalue weighted by molar-refractivity contribution is -0.127. The summed E-state index contributed by atoms with van der Waals surface area (Å²) in [5, 5.41) is 11.4. The fraction of sp³-hybridized carbons (Fsp3) is 0.562. The molecule has 23 heavy (non-hydrogen) atoms. The van der Waals surface area contributed by atoms with Gasteiger partial charge in [-0.25, -0.2) is 13.6 Å². The number of hydrogen-bond acceptors (Lipinski definition) is 4. The van der Waals surface area contributed by atoms with Gasteiger partial charge in [0, 0.05) is 6.54 Å². The van der Waals surface area contributed by atoms with Gasteiger partial charge in [-0.05, 0) is 55.5 Å². The Kier molecular flexibility index (Phi) is 3.98. The molecule has 2 fully saturated rings. The molecule has 0 aromatic heterocycles. The van der Waals surface area contributed by atoms with Gasteiger partial charge in [0.15, 0.2) is 0 Å². The van der Waals surface area contributed by atoms with Crippen molar-refractivity contribution in [2.45, 2.75) is 37.6 Å². The highest BCUT2D eigenvalue weighted by molar-refractivity contribution is 7.89. The van der Waals surface area contributed by atoms with Crippen molar-refractivity contribution in [1.29, 1.82) is 0 Å². The van der Waals surface area contributed by atoms with E-state index in [0.717, 1.165) is 37.9 Å². The van der Waals surface area contributed by atoms with E-state index in [1.807, 2.05) is 0 Å². The highest BCUT2D eigenvalue weighted by Crippen LogP contribution is 2.68. The Hall–Kier alpha value is -1.44. The van der Waals surface area contributed by atoms with E-state index in [1.165, 1.54) is 12.1 Å². The van der Waals surface area contributed by atoms with Gasteiger partial charge in [-0.2, -0.15) is 0 Å². The fourth-order valence-corrected chi connectivity index (χ4v) is 4.28. The van der Waals surface area contributed by atoms with Gasteiger partial charge in [0.05, 0.1) is 10.3 Å². The van der Waals surface area contributed by atoms with Gasteiger partial charge in [-0.3, -0.25) is 4.79 Å². The highest BCUT2D eigenvalue weighted by atomic mass is 32.2. The number of carbonyl (C=O) groups is 1. The van der Waals surface area contributed by atoms with Gasteiger partial charge >= 0.3 is 0 Å². The lowest BCUT2D eigenvalue weighted by Crippen LogP contribution is -2.38. The quantitative estimate of drug-likeness (QED) is 0.754. The van der Waals surface area contributed by atoms with E-state index in [1.54, 1.807) is 12.1 Å². The minimum absolute atomic E-state index is 0.0791. The van der Waals surface area contributed by atoms with Gasteiger partial charge < -0.3 is 10.6 Å². The number of hydrogen-bond donors (Lipinski definition) is 3. The van der Waals surface area contributed by atoms with Crippen molar-refractivity contribution in [1.82, 2.24) is 10.6 Å². The summed E-state index contributed by atoms with van der Waals surface area (Å²) in [7, 11) is -3.68. The third kappa shape index (κ3) is 3.00. The lowest BCUT2D eigenvalue weighted by atomic mass is 9.85. The van der Waals surface area contributed by atoms with E-state index < -0.39 is 10.0 Å². The molecule has 1 aliphatic carbocycles. The zero-order valence-electron chi connectivity index (χ0n) is 13.3. The number of nitrogens with one attached hydrogen (secondary N) is 2. The van der Waals surface area contributed by atoms with Crippen molar-refractivity contribution in [3.63, 3.8) is 0 Å². The van der Waals surface area contributed by atoms with E-state index in [-0.39, 0.29) is 21.6 Å². The summed E-state index contributed by atoms with van der Waals surface area (Å²) in [5.41, 5.74) is 0.754. The average Bonchev–Trinajstić information content (AvgIpc) is 3.09. The van der Waals surface area contributed by atoms with Gasteiger partial charge in [-0.15, -0.1) is 0 Å². The predicted molar refractivity (Wildman–Crippen MR) is 86.9 cm³/mol. The van der Waals surface area contributed by atoms with E-state index in [9.17, 15) is 13.2 Å². The first-order valence-corrected chi connectivity index (χ1v) is 9.42. The van der Waals surface area contributed by atoms with Gasteiger partial charge in [0.2, 0.25) is 15.9 Å². The summed E-state index contributed by atoms with van der Waals surface area (Å²) < 4.78 is 22.4. The van der Waals surface area contributed by atoms with E-state index in [2.05, 4.69) is 17.6 Å². The topological polar surface area (TPSA) is 101 Å². The van der Waals surface area contributed by atoms with Crippen LogP contribution in [0.3, 0.4) is 0 Å². The normalized spacial score (nSPS) is 26.0. The predicted octanol–water partition coefficient (Wildman–Crippen LogP) is 0.730. The highest BCUT2D eigenvalue weighted by Gasteiger charge is 2.67. The zero-order chi connectivity index (χ0) is 16.7. The number of sulfonamides is 1. The maximum Gasteiger partial charge on any atom is 0.238 e. The first-order valence-electron chi connectivity index (χ1n) is 7.88. The third-order valence-corrected chi connectivity index (χ3v) is 6.43. The Morgan fingerprint density at radius 2 is 1.87 bits per heavy atom. The molecule has 126 valence electrons. The Balaban J connectivity index is 1.59. The van der Waals surface area contributed by atoms with Gasteiger partial charge in [0.25, 0.3) is 0 Å². The molecule has 1 amide bonds. The first-order chi connectivity index (χ1) is 10.8. The summed E-state index contributed by atoms with van der Waals surface area (Å²) in [4.78, 5) is 12.6. The van der Waals surface area contributed by atoms with Crippen molar-refractivity contribution >= 4 is 15.9 Å². The zero-order valence-corrected chi connectivity index (χ0v) is 14.1. The molecule has 1 unspecified atom stereocenters. The van der Waals surface area contributed by atoms with Crippen LogP contribution in [0.25, 0.3) is 0 Å². The minimum Gasteiger partial charge on any atom is -0.352 e. The van der Waals surface area contributed by atoms with Crippen LogP contribution in [0, 0.1) is 10.8 Å². The molecule has 7 heteroatoms. The Morgan fingerprint density at radius 3 is 2.43 bits per heavy atom. The summed E-state index contributed by atoms with van der Waals surface area (Å²) in [5.74, 6) is 0.0925. The van der Waals surface area contributed by atoms with Crippen molar-refractivity contribution in [3.8, 4) is 0 Å². The van der Waals surface area contributed by atoms with E-state index >= 15 is 0 Å². The smallest absolute Gasteiger partial charge is 0.238 e. The summed E-state index contributed by atoms with van der Waals surface area (Å²) in [6.45, 7) is 4.42. The number of carbonyl (C=O) groups excluding carboxylic acids is 1. The second-order valence-electron chi connectivity index (χ2n) is 6.91. The molecule has 0 radical (unpaired) electrons. The van der Waals surface area contributed by atoms with Crippen LogP contribution < -0.4 is 15.8 Å². The number of nitrogens with two attached hydrogens (primary N) is 1. The summed E-state index contributed by atoms with van der Waals surface area (Å²) in [6, 6.07) is 6.28. The van der Waals surface area contributed by atoms with Crippen LogP contribution >= 0.6 is 0 Å². The maximum absolute atomic E-state index is 12.6. The average molecular weight is 337 g/mol. The molecule has 4 N–H and O–H groups in total. The molecule has 1 atom stereocenters. The van der Waals surface area contributed by atoms with Crippen LogP contribution in [-0.2, 0) is 21.4 Å².